The van der Waals surface area contributed by atoms with Crippen LogP contribution in [0.25, 0.3) is 0 Å². The molecule has 1 aliphatic carbocycles. The van der Waals surface area contributed by atoms with Crippen LogP contribution in [-0.2, 0) is 5.54 Å². The third-order valence-corrected chi connectivity index (χ3v) is 2.54. The third-order valence-electron chi connectivity index (χ3n) is 2.54. The van der Waals surface area contributed by atoms with Gasteiger partial charge in [-0.15, -0.1) is 0 Å². The summed E-state index contributed by atoms with van der Waals surface area (Å²) in [7, 11) is 0. The molecule has 2 rings (SSSR count). The topological polar surface area (TPSA) is 51.8 Å². The third kappa shape index (κ3) is 1.20. The van der Waals surface area contributed by atoms with Gasteiger partial charge in [-0.1, -0.05) is 12.8 Å². The number of hydrogen-bond acceptors (Lipinski definition) is 3. The monoisotopic (exact) mass is 162 g/mol. The van der Waals surface area contributed by atoms with Gasteiger partial charge in [0.25, 0.3) is 0 Å². The fourth-order valence-corrected chi connectivity index (χ4v) is 1.80. The van der Waals surface area contributed by atoms with Gasteiger partial charge in [-0.3, -0.25) is 0 Å². The molecule has 0 saturated heterocycles. The van der Waals surface area contributed by atoms with Crippen molar-refractivity contribution in [3.8, 4) is 0 Å². The predicted molar refractivity (Wildman–Crippen MR) is 45.2 cm³/mol. The summed E-state index contributed by atoms with van der Waals surface area (Å²) < 4.78 is 0. The Bertz CT molecular complexity index is 252. The Labute approximate surface area is 72.0 Å². The average Bonchev–Trinajstić information content (AvgIpc) is 2.55. The first-order chi connectivity index (χ1) is 5.81. The summed E-state index contributed by atoms with van der Waals surface area (Å²) >= 11 is 0. The van der Waals surface area contributed by atoms with Crippen molar-refractivity contribution in [2.24, 2.45) is 5.73 Å². The molecular weight excluding hydrogens is 150 g/mol. The molecule has 1 aromatic heterocycles. The zero-order valence-electron chi connectivity index (χ0n) is 6.95. The molecule has 2 N–H and O–H groups in total. The van der Waals surface area contributed by atoms with Crippen LogP contribution in [0, 0.1) is 6.33 Å². The molecule has 63 valence electrons. The van der Waals surface area contributed by atoms with Crippen molar-refractivity contribution in [1.82, 2.24) is 9.97 Å². The second kappa shape index (κ2) is 2.83. The van der Waals surface area contributed by atoms with Gasteiger partial charge in [-0.25, -0.2) is 9.97 Å². The van der Waals surface area contributed by atoms with Crippen molar-refractivity contribution < 1.29 is 0 Å². The Hall–Kier alpha value is -0.960. The Morgan fingerprint density at radius 2 is 2.17 bits per heavy atom. The van der Waals surface area contributed by atoms with Crippen LogP contribution < -0.4 is 5.73 Å². The van der Waals surface area contributed by atoms with E-state index in [0.29, 0.717) is 0 Å². The minimum Gasteiger partial charge on any atom is -0.320 e. The lowest BCUT2D eigenvalue weighted by molar-refractivity contribution is 0.446. The minimum atomic E-state index is -0.195. The van der Waals surface area contributed by atoms with Gasteiger partial charge in [0.15, 0.2) is 6.33 Å². The van der Waals surface area contributed by atoms with Gasteiger partial charge in [0, 0.05) is 6.20 Å². The summed E-state index contributed by atoms with van der Waals surface area (Å²) in [6.07, 6.45) is 8.78. The number of nitrogens with two attached hydrogens (primary N) is 1. The SMILES string of the molecule is NC1(c2ccn[c]n2)CCCC1. The van der Waals surface area contributed by atoms with E-state index in [1.807, 2.05) is 6.07 Å². The molecule has 0 atom stereocenters. The second-order valence-electron chi connectivity index (χ2n) is 3.41. The van der Waals surface area contributed by atoms with E-state index in [0.717, 1.165) is 18.5 Å². The van der Waals surface area contributed by atoms with Crippen LogP contribution in [-0.4, -0.2) is 9.97 Å². The molecule has 0 bridgehead atoms. The van der Waals surface area contributed by atoms with Crippen molar-refractivity contribution in [2.75, 3.05) is 0 Å². The van der Waals surface area contributed by atoms with E-state index in [1.54, 1.807) is 6.20 Å². The van der Waals surface area contributed by atoms with Crippen molar-refractivity contribution in [3.63, 3.8) is 0 Å². The van der Waals surface area contributed by atoms with Gasteiger partial charge in [0.2, 0.25) is 0 Å². The van der Waals surface area contributed by atoms with Crippen LogP contribution >= 0.6 is 0 Å². The highest BCUT2D eigenvalue weighted by molar-refractivity contribution is 5.13. The summed E-state index contributed by atoms with van der Waals surface area (Å²) in [4.78, 5) is 7.83. The number of nitrogens with zero attached hydrogens (tertiary/aromatic N) is 2. The summed E-state index contributed by atoms with van der Waals surface area (Å²) in [5.74, 6) is 0. The number of hydrogen-bond donors (Lipinski definition) is 1. The molecule has 1 heterocycles. The molecule has 0 aliphatic heterocycles. The molecule has 1 fully saturated rings. The summed E-state index contributed by atoms with van der Waals surface area (Å²) in [6, 6.07) is 1.89. The Morgan fingerprint density at radius 1 is 1.42 bits per heavy atom. The Morgan fingerprint density at radius 3 is 2.75 bits per heavy atom. The van der Waals surface area contributed by atoms with Gasteiger partial charge in [-0.2, -0.15) is 0 Å². The quantitative estimate of drug-likeness (QED) is 0.670. The second-order valence-corrected chi connectivity index (χ2v) is 3.41. The molecule has 0 amide bonds. The van der Waals surface area contributed by atoms with E-state index >= 15 is 0 Å². The standard InChI is InChI=1S/C9H12N3/c10-9(4-1-2-5-9)8-3-6-11-7-12-8/h3,6H,1-2,4-5,10H2. The Kier molecular flexibility index (Phi) is 1.81. The molecule has 0 unspecified atom stereocenters. The van der Waals surface area contributed by atoms with Crippen LogP contribution in [0.5, 0.6) is 0 Å². The van der Waals surface area contributed by atoms with Crippen molar-refractivity contribution in [3.05, 3.63) is 24.3 Å². The van der Waals surface area contributed by atoms with Crippen LogP contribution in [0.4, 0.5) is 0 Å². The van der Waals surface area contributed by atoms with Gasteiger partial charge >= 0.3 is 0 Å². The molecule has 0 spiro atoms. The highest BCUT2D eigenvalue weighted by Gasteiger charge is 2.32. The van der Waals surface area contributed by atoms with Crippen LogP contribution in [0.15, 0.2) is 12.3 Å². The first-order valence-corrected chi connectivity index (χ1v) is 4.30. The highest BCUT2D eigenvalue weighted by Crippen LogP contribution is 2.34. The van der Waals surface area contributed by atoms with E-state index in [1.165, 1.54) is 12.8 Å². The van der Waals surface area contributed by atoms with Crippen molar-refractivity contribution >= 4 is 0 Å². The predicted octanol–water partition coefficient (Wildman–Crippen LogP) is 1.00. The summed E-state index contributed by atoms with van der Waals surface area (Å²) in [5.41, 5.74) is 6.91. The van der Waals surface area contributed by atoms with Crippen LogP contribution in [0.1, 0.15) is 31.4 Å². The van der Waals surface area contributed by atoms with Gasteiger partial charge in [-0.05, 0) is 18.9 Å². The van der Waals surface area contributed by atoms with Gasteiger partial charge < -0.3 is 5.73 Å². The largest absolute Gasteiger partial charge is 0.320 e. The first kappa shape index (κ1) is 7.68. The fraction of sp³-hybridized carbons (Fsp3) is 0.556. The summed E-state index contributed by atoms with van der Waals surface area (Å²) in [6.45, 7) is 0. The van der Waals surface area contributed by atoms with Gasteiger partial charge in [0.05, 0.1) is 11.2 Å². The lowest BCUT2D eigenvalue weighted by Crippen LogP contribution is -2.34. The van der Waals surface area contributed by atoms with E-state index in [-0.39, 0.29) is 5.54 Å². The fourth-order valence-electron chi connectivity index (χ4n) is 1.80. The average molecular weight is 162 g/mol. The zero-order chi connectivity index (χ0) is 8.44. The molecule has 1 saturated carbocycles. The van der Waals surface area contributed by atoms with E-state index < -0.39 is 0 Å². The highest BCUT2D eigenvalue weighted by atomic mass is 14.9. The van der Waals surface area contributed by atoms with Crippen molar-refractivity contribution in [2.45, 2.75) is 31.2 Å². The molecule has 12 heavy (non-hydrogen) atoms. The van der Waals surface area contributed by atoms with E-state index in [9.17, 15) is 0 Å². The Balaban J connectivity index is 2.29. The minimum absolute atomic E-state index is 0.195. The van der Waals surface area contributed by atoms with E-state index in [4.69, 9.17) is 5.73 Å². The molecule has 3 heteroatoms. The molecule has 1 aromatic rings. The number of rotatable bonds is 1. The van der Waals surface area contributed by atoms with Crippen molar-refractivity contribution in [1.29, 1.82) is 0 Å². The summed E-state index contributed by atoms with van der Waals surface area (Å²) in [5, 5.41) is 0. The lowest BCUT2D eigenvalue weighted by atomic mass is 9.95. The zero-order valence-corrected chi connectivity index (χ0v) is 6.95. The maximum absolute atomic E-state index is 6.17. The van der Waals surface area contributed by atoms with Gasteiger partial charge in [0.1, 0.15) is 0 Å². The molecule has 1 radical (unpaired) electrons. The number of aromatic nitrogens is 2. The smallest absolute Gasteiger partial charge is 0.198 e. The molecule has 0 aromatic carbocycles. The van der Waals surface area contributed by atoms with E-state index in [2.05, 4.69) is 16.3 Å². The van der Waals surface area contributed by atoms with Crippen LogP contribution in [0.2, 0.25) is 0 Å². The molecular formula is C9H12N3. The normalized spacial score (nSPS) is 21.1. The maximum atomic E-state index is 6.17. The molecule has 1 aliphatic rings. The van der Waals surface area contributed by atoms with Crippen LogP contribution in [0.3, 0.4) is 0 Å². The molecule has 3 nitrogen and oxygen atoms in total. The maximum Gasteiger partial charge on any atom is 0.198 e. The first-order valence-electron chi connectivity index (χ1n) is 4.30. The lowest BCUT2D eigenvalue weighted by Gasteiger charge is -2.21.